The van der Waals surface area contributed by atoms with Gasteiger partial charge in [-0.25, -0.2) is 0 Å². The van der Waals surface area contributed by atoms with Crippen LogP contribution >= 0.6 is 0 Å². The summed E-state index contributed by atoms with van der Waals surface area (Å²) in [5, 5.41) is 0. The molecule has 2 aromatic rings. The van der Waals surface area contributed by atoms with E-state index in [0.29, 0.717) is 23.7 Å². The molecule has 3 rings (SSSR count). The van der Waals surface area contributed by atoms with Gasteiger partial charge in [0.1, 0.15) is 0 Å². The first-order chi connectivity index (χ1) is 12.2. The minimum absolute atomic E-state index is 0.00384. The van der Waals surface area contributed by atoms with Gasteiger partial charge in [-0.1, -0.05) is 31.5 Å². The summed E-state index contributed by atoms with van der Waals surface area (Å²) in [6.07, 6.45) is 2.95. The molecule has 132 valence electrons. The van der Waals surface area contributed by atoms with Crippen LogP contribution in [0.4, 0.5) is 5.69 Å². The van der Waals surface area contributed by atoms with E-state index in [1.165, 1.54) is 5.56 Å². The monoisotopic (exact) mass is 339 g/mol. The number of hydrogen-bond acceptors (Lipinski definition) is 3. The molecule has 0 bridgehead atoms. The fraction of sp³-hybridized carbons (Fsp3) is 0.381. The summed E-state index contributed by atoms with van der Waals surface area (Å²) >= 11 is 0. The summed E-state index contributed by atoms with van der Waals surface area (Å²) in [5.41, 5.74) is 2.83. The number of para-hydroxylation sites is 1. The van der Waals surface area contributed by atoms with Crippen molar-refractivity contribution in [3.8, 4) is 11.5 Å². The fourth-order valence-corrected chi connectivity index (χ4v) is 3.26. The normalized spacial score (nSPS) is 15.8. The van der Waals surface area contributed by atoms with E-state index < -0.39 is 0 Å². The van der Waals surface area contributed by atoms with Crippen molar-refractivity contribution in [1.82, 2.24) is 0 Å². The molecule has 1 aliphatic rings. The van der Waals surface area contributed by atoms with Crippen molar-refractivity contribution in [2.75, 3.05) is 18.6 Å². The summed E-state index contributed by atoms with van der Waals surface area (Å²) < 4.78 is 11.2. The lowest BCUT2D eigenvalue weighted by atomic mass is 10.1. The minimum Gasteiger partial charge on any atom is -0.493 e. The zero-order valence-corrected chi connectivity index (χ0v) is 15.1. The van der Waals surface area contributed by atoms with E-state index >= 15 is 0 Å². The lowest BCUT2D eigenvalue weighted by Crippen LogP contribution is -2.35. The highest BCUT2D eigenvalue weighted by Crippen LogP contribution is 2.35. The molecule has 0 fully saturated rings. The second kappa shape index (κ2) is 7.60. The van der Waals surface area contributed by atoms with Crippen LogP contribution in [0.25, 0.3) is 0 Å². The Morgan fingerprint density at radius 1 is 1.20 bits per heavy atom. The van der Waals surface area contributed by atoms with Gasteiger partial charge in [0.2, 0.25) is 0 Å². The lowest BCUT2D eigenvalue weighted by Gasteiger charge is -2.23. The predicted molar refractivity (Wildman–Crippen MR) is 99.8 cm³/mol. The van der Waals surface area contributed by atoms with Gasteiger partial charge in [0.05, 0.1) is 13.7 Å². The number of carbonyl (C=O) groups is 1. The number of fused-ring (bicyclic) bond motifs is 1. The van der Waals surface area contributed by atoms with Crippen molar-refractivity contribution >= 4 is 11.6 Å². The van der Waals surface area contributed by atoms with Gasteiger partial charge in [0.25, 0.3) is 5.91 Å². The maximum absolute atomic E-state index is 13.1. The summed E-state index contributed by atoms with van der Waals surface area (Å²) in [4.78, 5) is 15.0. The van der Waals surface area contributed by atoms with Crippen LogP contribution in [-0.2, 0) is 6.42 Å². The summed E-state index contributed by atoms with van der Waals surface area (Å²) in [6, 6.07) is 13.7. The van der Waals surface area contributed by atoms with Crippen molar-refractivity contribution in [2.45, 2.75) is 39.2 Å². The number of anilines is 1. The van der Waals surface area contributed by atoms with Gasteiger partial charge >= 0.3 is 0 Å². The molecule has 0 aromatic heterocycles. The van der Waals surface area contributed by atoms with Crippen molar-refractivity contribution in [2.24, 2.45) is 0 Å². The Morgan fingerprint density at radius 2 is 2.00 bits per heavy atom. The molecule has 0 radical (unpaired) electrons. The Labute approximate surface area is 149 Å². The smallest absolute Gasteiger partial charge is 0.258 e. The molecule has 0 spiro atoms. The van der Waals surface area contributed by atoms with E-state index in [2.05, 4.69) is 19.9 Å². The van der Waals surface area contributed by atoms with E-state index in [1.54, 1.807) is 13.2 Å². The molecule has 1 atom stereocenters. The number of methoxy groups -OCH3 is 1. The molecule has 1 aliphatic heterocycles. The van der Waals surface area contributed by atoms with Crippen molar-refractivity contribution in [3.05, 3.63) is 53.6 Å². The lowest BCUT2D eigenvalue weighted by molar-refractivity contribution is 0.0981. The van der Waals surface area contributed by atoms with E-state index in [-0.39, 0.29) is 11.9 Å². The third kappa shape index (κ3) is 3.48. The molecule has 4 heteroatoms. The molecule has 2 aromatic carbocycles. The van der Waals surface area contributed by atoms with Crippen LogP contribution in [0.15, 0.2) is 42.5 Å². The zero-order valence-electron chi connectivity index (χ0n) is 15.1. The minimum atomic E-state index is -0.00384. The maximum Gasteiger partial charge on any atom is 0.258 e. The third-order valence-electron chi connectivity index (χ3n) is 4.59. The second-order valence-corrected chi connectivity index (χ2v) is 6.42. The topological polar surface area (TPSA) is 38.8 Å². The number of benzene rings is 2. The number of unbranched alkanes of at least 4 members (excludes halogenated alkanes) is 1. The van der Waals surface area contributed by atoms with Crippen LogP contribution in [-0.4, -0.2) is 25.7 Å². The van der Waals surface area contributed by atoms with E-state index in [0.717, 1.165) is 24.9 Å². The average Bonchev–Trinajstić information content (AvgIpc) is 2.97. The van der Waals surface area contributed by atoms with Gasteiger partial charge in [-0.2, -0.15) is 0 Å². The molecule has 0 saturated heterocycles. The number of ether oxygens (including phenoxy) is 2. The molecular weight excluding hydrogens is 314 g/mol. The van der Waals surface area contributed by atoms with Crippen molar-refractivity contribution in [3.63, 3.8) is 0 Å². The third-order valence-corrected chi connectivity index (χ3v) is 4.59. The average molecular weight is 339 g/mol. The predicted octanol–water partition coefficient (Wildman–Crippen LogP) is 4.47. The highest BCUT2D eigenvalue weighted by atomic mass is 16.5. The van der Waals surface area contributed by atoms with Gasteiger partial charge in [-0.05, 0) is 49.6 Å². The number of rotatable bonds is 6. The first-order valence-corrected chi connectivity index (χ1v) is 8.88. The Hall–Kier alpha value is -2.49. The van der Waals surface area contributed by atoms with Crippen molar-refractivity contribution in [1.29, 1.82) is 0 Å². The van der Waals surface area contributed by atoms with Gasteiger partial charge in [0, 0.05) is 17.3 Å². The SMILES string of the molecule is CCCCOc1ccc(C(=O)N2c3ccccc3CC2C)cc1OC. The number of carbonyl (C=O) groups excluding carboxylic acids is 1. The van der Waals surface area contributed by atoms with E-state index in [1.807, 2.05) is 35.2 Å². The molecule has 0 N–H and O–H groups in total. The van der Waals surface area contributed by atoms with Crippen LogP contribution in [0.1, 0.15) is 42.6 Å². The molecular formula is C21H25NO3. The summed E-state index contributed by atoms with van der Waals surface area (Å²) in [6.45, 7) is 4.85. The Morgan fingerprint density at radius 3 is 2.76 bits per heavy atom. The van der Waals surface area contributed by atoms with E-state index in [9.17, 15) is 4.79 Å². The maximum atomic E-state index is 13.1. The Balaban J connectivity index is 1.85. The van der Waals surface area contributed by atoms with Gasteiger partial charge < -0.3 is 14.4 Å². The molecule has 25 heavy (non-hydrogen) atoms. The molecule has 1 amide bonds. The van der Waals surface area contributed by atoms with Crippen LogP contribution < -0.4 is 14.4 Å². The van der Waals surface area contributed by atoms with Crippen LogP contribution in [0.3, 0.4) is 0 Å². The highest BCUT2D eigenvalue weighted by molar-refractivity contribution is 6.08. The van der Waals surface area contributed by atoms with Gasteiger partial charge in [-0.15, -0.1) is 0 Å². The molecule has 1 heterocycles. The summed E-state index contributed by atoms with van der Waals surface area (Å²) in [7, 11) is 1.60. The van der Waals surface area contributed by atoms with Crippen molar-refractivity contribution < 1.29 is 14.3 Å². The highest BCUT2D eigenvalue weighted by Gasteiger charge is 2.31. The molecule has 0 saturated carbocycles. The summed E-state index contributed by atoms with van der Waals surface area (Å²) in [5.74, 6) is 1.28. The number of amides is 1. The fourth-order valence-electron chi connectivity index (χ4n) is 3.26. The largest absolute Gasteiger partial charge is 0.493 e. The van der Waals surface area contributed by atoms with Crippen LogP contribution in [0.2, 0.25) is 0 Å². The second-order valence-electron chi connectivity index (χ2n) is 6.42. The van der Waals surface area contributed by atoms with Gasteiger partial charge in [-0.3, -0.25) is 4.79 Å². The standard InChI is InChI=1S/C21H25NO3/c1-4-5-12-25-19-11-10-17(14-20(19)24-3)21(23)22-15(2)13-16-8-6-7-9-18(16)22/h6-11,14-15H,4-5,12-13H2,1-3H3. The number of hydrogen-bond donors (Lipinski definition) is 0. The van der Waals surface area contributed by atoms with E-state index in [4.69, 9.17) is 9.47 Å². The zero-order chi connectivity index (χ0) is 17.8. The van der Waals surface area contributed by atoms with Crippen LogP contribution in [0, 0.1) is 0 Å². The molecule has 4 nitrogen and oxygen atoms in total. The molecule has 0 aliphatic carbocycles. The Kier molecular flexibility index (Phi) is 5.27. The number of nitrogens with zero attached hydrogens (tertiary/aromatic N) is 1. The van der Waals surface area contributed by atoms with Gasteiger partial charge in [0.15, 0.2) is 11.5 Å². The quantitative estimate of drug-likeness (QED) is 0.729. The first kappa shape index (κ1) is 17.3. The Bertz CT molecular complexity index is 757. The van der Waals surface area contributed by atoms with Crippen LogP contribution in [0.5, 0.6) is 11.5 Å². The molecule has 1 unspecified atom stereocenters. The first-order valence-electron chi connectivity index (χ1n) is 8.88.